The molecule has 1 aliphatic heterocycles. The third kappa shape index (κ3) is 5.37. The number of fused-ring (bicyclic) bond motifs is 1. The van der Waals surface area contributed by atoms with Crippen LogP contribution in [0, 0.1) is 6.92 Å². The fourth-order valence-electron chi connectivity index (χ4n) is 4.70. The first-order valence-corrected chi connectivity index (χ1v) is 13.1. The second kappa shape index (κ2) is 10.7. The first kappa shape index (κ1) is 24.7. The van der Waals surface area contributed by atoms with Gasteiger partial charge >= 0.3 is 6.01 Å². The Morgan fingerprint density at radius 1 is 0.974 bits per heavy atom. The minimum absolute atomic E-state index is 0.198. The molecule has 0 spiro atoms. The van der Waals surface area contributed by atoms with Crippen molar-refractivity contribution in [3.05, 3.63) is 77.3 Å². The van der Waals surface area contributed by atoms with E-state index in [1.807, 2.05) is 80.9 Å². The number of pyridine rings is 1. The molecule has 1 aliphatic rings. The molecule has 10 nitrogen and oxygen atoms in total. The van der Waals surface area contributed by atoms with E-state index in [2.05, 4.69) is 40.3 Å². The van der Waals surface area contributed by atoms with Crippen molar-refractivity contribution in [2.75, 3.05) is 41.3 Å². The normalized spacial score (nSPS) is 13.9. The lowest BCUT2D eigenvalue weighted by molar-refractivity contribution is 0.443. The Hall–Kier alpha value is -4.57. The van der Waals surface area contributed by atoms with Gasteiger partial charge in [-0.2, -0.15) is 15.1 Å². The Bertz CT molecular complexity index is 1620. The van der Waals surface area contributed by atoms with E-state index in [0.29, 0.717) is 22.4 Å². The minimum Gasteiger partial charge on any atom is -0.423 e. The molecule has 3 N–H and O–H groups in total. The zero-order valence-electron chi connectivity index (χ0n) is 21.6. The van der Waals surface area contributed by atoms with E-state index in [4.69, 9.17) is 21.3 Å². The molecular weight excluding hydrogens is 514 g/mol. The summed E-state index contributed by atoms with van der Waals surface area (Å²) >= 11 is 6.71. The van der Waals surface area contributed by atoms with Crippen LogP contribution in [0.1, 0.15) is 18.3 Å². The van der Waals surface area contributed by atoms with E-state index in [9.17, 15) is 0 Å². The SMILES string of the molecule is C/C=C/c1cc(Nc2cc(N3CCN(c4ccncc4)CC3)nc(Oc3ccc4[nH]c(C)cc4c3Cl)n2)n[nH]1. The highest BCUT2D eigenvalue weighted by Crippen LogP contribution is 2.36. The summed E-state index contributed by atoms with van der Waals surface area (Å²) in [5.74, 6) is 2.46. The van der Waals surface area contributed by atoms with E-state index >= 15 is 0 Å². The number of piperazine rings is 1. The average molecular weight is 542 g/mol. The average Bonchev–Trinajstić information content (AvgIpc) is 3.57. The highest BCUT2D eigenvalue weighted by atomic mass is 35.5. The number of aryl methyl sites for hydroxylation is 1. The number of aromatic nitrogens is 6. The number of H-pyrrole nitrogens is 2. The number of nitrogens with zero attached hydrogens (tertiary/aromatic N) is 6. The van der Waals surface area contributed by atoms with Crippen LogP contribution in [-0.2, 0) is 0 Å². The molecule has 39 heavy (non-hydrogen) atoms. The topological polar surface area (TPSA) is 111 Å². The maximum absolute atomic E-state index is 6.71. The van der Waals surface area contributed by atoms with Gasteiger partial charge in [-0.1, -0.05) is 17.7 Å². The van der Waals surface area contributed by atoms with Crippen LogP contribution in [0.25, 0.3) is 17.0 Å². The van der Waals surface area contributed by atoms with Gasteiger partial charge in [0.25, 0.3) is 0 Å². The van der Waals surface area contributed by atoms with Crippen molar-refractivity contribution in [1.82, 2.24) is 30.1 Å². The van der Waals surface area contributed by atoms with Crippen molar-refractivity contribution in [3.8, 4) is 11.8 Å². The zero-order valence-corrected chi connectivity index (χ0v) is 22.4. The van der Waals surface area contributed by atoms with Crippen LogP contribution in [0.3, 0.4) is 0 Å². The molecule has 5 aromatic rings. The smallest absolute Gasteiger partial charge is 0.325 e. The number of hydrogen-bond donors (Lipinski definition) is 3. The van der Waals surface area contributed by atoms with Crippen molar-refractivity contribution in [1.29, 1.82) is 0 Å². The Balaban J connectivity index is 1.29. The lowest BCUT2D eigenvalue weighted by Crippen LogP contribution is -2.46. The van der Waals surface area contributed by atoms with Crippen molar-refractivity contribution in [2.45, 2.75) is 13.8 Å². The van der Waals surface area contributed by atoms with Gasteiger partial charge in [0.05, 0.1) is 10.7 Å². The van der Waals surface area contributed by atoms with Crippen LogP contribution in [0.5, 0.6) is 11.8 Å². The number of anilines is 4. The molecule has 0 amide bonds. The maximum atomic E-state index is 6.71. The van der Waals surface area contributed by atoms with Crippen LogP contribution in [0.15, 0.2) is 60.9 Å². The monoisotopic (exact) mass is 541 g/mol. The van der Waals surface area contributed by atoms with Crippen molar-refractivity contribution in [2.24, 2.45) is 0 Å². The Labute approximate surface area is 230 Å². The summed E-state index contributed by atoms with van der Waals surface area (Å²) in [5, 5.41) is 12.0. The first-order chi connectivity index (χ1) is 19.1. The van der Waals surface area contributed by atoms with Gasteiger partial charge in [0.15, 0.2) is 5.82 Å². The second-order valence-corrected chi connectivity index (χ2v) is 9.68. The van der Waals surface area contributed by atoms with Gasteiger partial charge in [-0.05, 0) is 50.3 Å². The predicted octanol–water partition coefficient (Wildman–Crippen LogP) is 5.93. The molecule has 0 aliphatic carbocycles. The van der Waals surface area contributed by atoms with E-state index in [-0.39, 0.29) is 6.01 Å². The second-order valence-electron chi connectivity index (χ2n) is 9.30. The summed E-state index contributed by atoms with van der Waals surface area (Å²) in [5.41, 5.74) is 4.03. The van der Waals surface area contributed by atoms with Gasteiger partial charge in [0.1, 0.15) is 17.4 Å². The van der Waals surface area contributed by atoms with Gasteiger partial charge in [0.2, 0.25) is 0 Å². The molecular formula is C28H28ClN9O. The van der Waals surface area contributed by atoms with E-state index in [1.165, 1.54) is 5.69 Å². The summed E-state index contributed by atoms with van der Waals surface area (Å²) in [6.45, 7) is 7.25. The number of hydrogen-bond acceptors (Lipinski definition) is 8. The molecule has 4 aromatic heterocycles. The number of halogens is 1. The number of nitrogens with one attached hydrogen (secondary N) is 3. The van der Waals surface area contributed by atoms with Crippen LogP contribution >= 0.6 is 11.6 Å². The summed E-state index contributed by atoms with van der Waals surface area (Å²) in [6.07, 6.45) is 7.54. The van der Waals surface area contributed by atoms with Crippen LogP contribution in [-0.4, -0.2) is 56.3 Å². The van der Waals surface area contributed by atoms with Gasteiger partial charge in [-0.15, -0.1) is 0 Å². The molecule has 1 saturated heterocycles. The standard InChI is InChI=1S/C28H28ClN9O/c1-3-4-19-16-25(36-35-19)32-24-17-26(38-13-11-37(12-14-38)20-7-9-30-10-8-20)34-28(33-24)39-23-6-5-22-21(27(23)29)15-18(2)31-22/h3-10,15-17,31H,11-14H2,1-2H3,(H2,32,33,34,35,36)/b4-3+. The minimum atomic E-state index is 0.198. The summed E-state index contributed by atoms with van der Waals surface area (Å²) in [6, 6.07) is 13.9. The summed E-state index contributed by atoms with van der Waals surface area (Å²) < 4.78 is 6.18. The Kier molecular flexibility index (Phi) is 6.76. The summed E-state index contributed by atoms with van der Waals surface area (Å²) in [4.78, 5) is 21.4. The van der Waals surface area contributed by atoms with Gasteiger partial charge in [-0.3, -0.25) is 10.1 Å². The number of aromatic amines is 2. The molecule has 0 bridgehead atoms. The molecule has 0 radical (unpaired) electrons. The van der Waals surface area contributed by atoms with Gasteiger partial charge < -0.3 is 24.8 Å². The summed E-state index contributed by atoms with van der Waals surface area (Å²) in [7, 11) is 0. The van der Waals surface area contributed by atoms with E-state index < -0.39 is 0 Å². The first-order valence-electron chi connectivity index (χ1n) is 12.8. The number of allylic oxidation sites excluding steroid dienone is 1. The fourth-order valence-corrected chi connectivity index (χ4v) is 4.95. The largest absolute Gasteiger partial charge is 0.423 e. The van der Waals surface area contributed by atoms with Gasteiger partial charge in [0, 0.05) is 73.0 Å². The van der Waals surface area contributed by atoms with E-state index in [0.717, 1.165) is 54.3 Å². The lowest BCUT2D eigenvalue weighted by Gasteiger charge is -2.36. The third-order valence-corrected chi connectivity index (χ3v) is 6.95. The molecule has 1 aromatic carbocycles. The molecule has 0 saturated carbocycles. The highest BCUT2D eigenvalue weighted by Gasteiger charge is 2.21. The highest BCUT2D eigenvalue weighted by molar-refractivity contribution is 6.37. The van der Waals surface area contributed by atoms with E-state index in [1.54, 1.807) is 0 Å². The molecule has 0 unspecified atom stereocenters. The molecule has 1 fully saturated rings. The zero-order chi connectivity index (χ0) is 26.8. The number of ether oxygens (including phenoxy) is 1. The number of rotatable bonds is 7. The molecule has 6 rings (SSSR count). The molecule has 11 heteroatoms. The van der Waals surface area contributed by atoms with Crippen LogP contribution in [0.4, 0.5) is 23.1 Å². The quantitative estimate of drug-likeness (QED) is 0.232. The molecule has 198 valence electrons. The lowest BCUT2D eigenvalue weighted by atomic mass is 10.2. The Morgan fingerprint density at radius 3 is 2.56 bits per heavy atom. The maximum Gasteiger partial charge on any atom is 0.325 e. The third-order valence-electron chi connectivity index (χ3n) is 6.56. The van der Waals surface area contributed by atoms with Crippen LogP contribution < -0.4 is 19.9 Å². The van der Waals surface area contributed by atoms with Gasteiger partial charge in [-0.25, -0.2) is 0 Å². The van der Waals surface area contributed by atoms with Crippen molar-refractivity contribution >= 4 is 51.7 Å². The number of benzene rings is 1. The fraction of sp³-hybridized carbons (Fsp3) is 0.214. The predicted molar refractivity (Wildman–Crippen MR) is 155 cm³/mol. The van der Waals surface area contributed by atoms with Crippen LogP contribution in [0.2, 0.25) is 5.02 Å². The van der Waals surface area contributed by atoms with Crippen molar-refractivity contribution in [3.63, 3.8) is 0 Å². The van der Waals surface area contributed by atoms with Crippen molar-refractivity contribution < 1.29 is 4.74 Å². The molecule has 0 atom stereocenters. The molecule has 5 heterocycles. The Morgan fingerprint density at radius 2 is 1.77 bits per heavy atom.